The molecule has 2 rings (SSSR count). The lowest BCUT2D eigenvalue weighted by molar-refractivity contribution is 0.184. The van der Waals surface area contributed by atoms with E-state index in [2.05, 4.69) is 40.8 Å². The van der Waals surface area contributed by atoms with E-state index in [0.717, 1.165) is 23.3 Å². The van der Waals surface area contributed by atoms with E-state index in [1.807, 2.05) is 4.68 Å². The molecule has 0 radical (unpaired) electrons. The average Bonchev–Trinajstić information content (AvgIpc) is 2.61. The van der Waals surface area contributed by atoms with Gasteiger partial charge in [0, 0.05) is 18.4 Å². The highest BCUT2D eigenvalue weighted by Crippen LogP contribution is 2.19. The fourth-order valence-electron chi connectivity index (χ4n) is 1.38. The zero-order chi connectivity index (χ0) is 8.55. The molecule has 4 heteroatoms. The van der Waals surface area contributed by atoms with Gasteiger partial charge >= 0.3 is 0 Å². The Hall–Kier alpha value is -0.100. The Morgan fingerprint density at radius 1 is 1.75 bits per heavy atom. The van der Waals surface area contributed by atoms with Crippen molar-refractivity contribution in [1.29, 1.82) is 0 Å². The number of ether oxygens (including phenoxy) is 1. The van der Waals surface area contributed by atoms with Gasteiger partial charge in [-0.25, -0.2) is 0 Å². The van der Waals surface area contributed by atoms with Crippen molar-refractivity contribution < 1.29 is 4.74 Å². The average molecular weight is 278 g/mol. The zero-order valence-electron chi connectivity index (χ0n) is 6.96. The van der Waals surface area contributed by atoms with Gasteiger partial charge in [-0.05, 0) is 35.9 Å². The predicted molar refractivity (Wildman–Crippen MR) is 54.2 cm³/mol. The molecular formula is C8H11IN2O. The molecule has 12 heavy (non-hydrogen) atoms. The Morgan fingerprint density at radius 2 is 2.58 bits per heavy atom. The number of hydrogen-bond donors (Lipinski definition) is 0. The van der Waals surface area contributed by atoms with E-state index in [1.165, 1.54) is 5.56 Å². The summed E-state index contributed by atoms with van der Waals surface area (Å²) in [5, 5.41) is 4.42. The van der Waals surface area contributed by atoms with Gasteiger partial charge in [0.15, 0.2) is 0 Å². The van der Waals surface area contributed by atoms with Gasteiger partial charge in [-0.15, -0.1) is 0 Å². The summed E-state index contributed by atoms with van der Waals surface area (Å²) in [7, 11) is 0. The van der Waals surface area contributed by atoms with Crippen LogP contribution in [0.1, 0.15) is 18.0 Å². The molecule has 0 aromatic carbocycles. The quantitative estimate of drug-likeness (QED) is 0.732. The van der Waals surface area contributed by atoms with Crippen LogP contribution in [0.2, 0.25) is 0 Å². The van der Waals surface area contributed by atoms with Crippen molar-refractivity contribution in [3.8, 4) is 0 Å². The number of rotatable bonds is 1. The molecule has 0 saturated carbocycles. The second-order valence-electron chi connectivity index (χ2n) is 3.10. The molecule has 1 atom stereocenters. The van der Waals surface area contributed by atoms with Crippen LogP contribution in [0.15, 0.2) is 6.20 Å². The molecule has 0 spiro atoms. The molecule has 1 aliphatic rings. The fraction of sp³-hybridized carbons (Fsp3) is 0.625. The van der Waals surface area contributed by atoms with Gasteiger partial charge in [-0.2, -0.15) is 5.10 Å². The Morgan fingerprint density at radius 3 is 3.08 bits per heavy atom. The Bertz CT molecular complexity index is 259. The smallest absolute Gasteiger partial charge is 0.126 e. The summed E-state index contributed by atoms with van der Waals surface area (Å²) in [6, 6.07) is 0.465. The van der Waals surface area contributed by atoms with E-state index >= 15 is 0 Å². The summed E-state index contributed by atoms with van der Waals surface area (Å²) < 4.78 is 8.43. The minimum absolute atomic E-state index is 0.465. The first-order valence-electron chi connectivity index (χ1n) is 4.06. The van der Waals surface area contributed by atoms with E-state index in [0.29, 0.717) is 6.04 Å². The predicted octanol–water partition coefficient (Wildman–Crippen LogP) is 1.76. The fourth-order valence-corrected chi connectivity index (χ4v) is 1.77. The van der Waals surface area contributed by atoms with Crippen LogP contribution in [0.5, 0.6) is 0 Å². The SMILES string of the molecule is Cc1cn([C@H]2CCOC2)nc1I. The van der Waals surface area contributed by atoms with Crippen molar-refractivity contribution in [3.05, 3.63) is 15.5 Å². The van der Waals surface area contributed by atoms with Gasteiger partial charge in [0.2, 0.25) is 0 Å². The second kappa shape index (κ2) is 3.33. The molecule has 1 fully saturated rings. The molecule has 2 heterocycles. The highest BCUT2D eigenvalue weighted by atomic mass is 127. The third kappa shape index (κ3) is 1.50. The molecule has 1 aromatic rings. The summed E-state index contributed by atoms with van der Waals surface area (Å²) in [6.45, 7) is 3.78. The molecule has 0 aliphatic carbocycles. The summed E-state index contributed by atoms with van der Waals surface area (Å²) in [6.07, 6.45) is 3.19. The molecule has 0 N–H and O–H groups in total. The number of nitrogens with zero attached hydrogens (tertiary/aromatic N) is 2. The van der Waals surface area contributed by atoms with Gasteiger partial charge < -0.3 is 4.74 Å². The van der Waals surface area contributed by atoms with Crippen molar-refractivity contribution in [2.75, 3.05) is 13.2 Å². The molecule has 1 saturated heterocycles. The highest BCUT2D eigenvalue weighted by molar-refractivity contribution is 14.1. The van der Waals surface area contributed by atoms with Gasteiger partial charge in [0.05, 0.1) is 12.6 Å². The van der Waals surface area contributed by atoms with E-state index in [9.17, 15) is 0 Å². The monoisotopic (exact) mass is 278 g/mol. The maximum atomic E-state index is 5.30. The number of halogens is 1. The van der Waals surface area contributed by atoms with Gasteiger partial charge in [-0.3, -0.25) is 4.68 Å². The summed E-state index contributed by atoms with van der Waals surface area (Å²) >= 11 is 2.26. The van der Waals surface area contributed by atoms with E-state index in [4.69, 9.17) is 4.74 Å². The highest BCUT2D eigenvalue weighted by Gasteiger charge is 2.18. The zero-order valence-corrected chi connectivity index (χ0v) is 9.11. The molecule has 1 aromatic heterocycles. The second-order valence-corrected chi connectivity index (χ2v) is 4.12. The van der Waals surface area contributed by atoms with Crippen LogP contribution in [-0.2, 0) is 4.74 Å². The molecule has 0 bridgehead atoms. The lowest BCUT2D eigenvalue weighted by Gasteiger charge is -2.06. The third-order valence-electron chi connectivity index (χ3n) is 2.13. The Balaban J connectivity index is 2.21. The molecular weight excluding hydrogens is 267 g/mol. The van der Waals surface area contributed by atoms with Gasteiger partial charge in [-0.1, -0.05) is 0 Å². The van der Waals surface area contributed by atoms with Gasteiger partial charge in [0.1, 0.15) is 3.70 Å². The van der Waals surface area contributed by atoms with Crippen LogP contribution in [0.25, 0.3) is 0 Å². The van der Waals surface area contributed by atoms with Crippen LogP contribution < -0.4 is 0 Å². The minimum Gasteiger partial charge on any atom is -0.379 e. The van der Waals surface area contributed by atoms with Crippen molar-refractivity contribution in [1.82, 2.24) is 9.78 Å². The maximum absolute atomic E-state index is 5.30. The first-order valence-corrected chi connectivity index (χ1v) is 5.14. The Labute approximate surface area is 85.2 Å². The maximum Gasteiger partial charge on any atom is 0.126 e. The number of aryl methyl sites for hydroxylation is 1. The van der Waals surface area contributed by atoms with Crippen LogP contribution >= 0.6 is 22.6 Å². The van der Waals surface area contributed by atoms with E-state index in [-0.39, 0.29) is 0 Å². The topological polar surface area (TPSA) is 27.1 Å². The van der Waals surface area contributed by atoms with Gasteiger partial charge in [0.25, 0.3) is 0 Å². The van der Waals surface area contributed by atoms with E-state index in [1.54, 1.807) is 0 Å². The van der Waals surface area contributed by atoms with Crippen molar-refractivity contribution in [2.45, 2.75) is 19.4 Å². The normalized spacial score (nSPS) is 23.3. The molecule has 66 valence electrons. The lowest BCUT2D eigenvalue weighted by atomic mass is 10.3. The van der Waals surface area contributed by atoms with Crippen LogP contribution in [0, 0.1) is 10.6 Å². The van der Waals surface area contributed by atoms with Crippen LogP contribution in [-0.4, -0.2) is 23.0 Å². The Kier molecular flexibility index (Phi) is 2.36. The molecule has 3 nitrogen and oxygen atoms in total. The van der Waals surface area contributed by atoms with E-state index < -0.39 is 0 Å². The van der Waals surface area contributed by atoms with Crippen molar-refractivity contribution in [2.24, 2.45) is 0 Å². The lowest BCUT2D eigenvalue weighted by Crippen LogP contribution is -2.08. The number of aromatic nitrogens is 2. The summed E-state index contributed by atoms with van der Waals surface area (Å²) in [4.78, 5) is 0. The summed E-state index contributed by atoms with van der Waals surface area (Å²) in [5.74, 6) is 0. The first kappa shape index (κ1) is 8.50. The largest absolute Gasteiger partial charge is 0.379 e. The standard InChI is InChI=1S/C8H11IN2O/c1-6-4-11(10-8(6)9)7-2-3-12-5-7/h4,7H,2-3,5H2,1H3/t7-/m0/s1. The summed E-state index contributed by atoms with van der Waals surface area (Å²) in [5.41, 5.74) is 1.25. The first-order chi connectivity index (χ1) is 5.77. The molecule has 0 amide bonds. The molecule has 0 unspecified atom stereocenters. The minimum atomic E-state index is 0.465. The third-order valence-corrected chi connectivity index (χ3v) is 3.20. The van der Waals surface area contributed by atoms with Crippen molar-refractivity contribution in [3.63, 3.8) is 0 Å². The van der Waals surface area contributed by atoms with Crippen molar-refractivity contribution >= 4 is 22.6 Å². The van der Waals surface area contributed by atoms with Crippen LogP contribution in [0.4, 0.5) is 0 Å². The van der Waals surface area contributed by atoms with Crippen LogP contribution in [0.3, 0.4) is 0 Å². The molecule has 1 aliphatic heterocycles. The number of hydrogen-bond acceptors (Lipinski definition) is 2.